The molecule has 1 aromatic heterocycles. The van der Waals surface area contributed by atoms with Gasteiger partial charge in [0.05, 0.1) is 0 Å². The smallest absolute Gasteiger partial charge is 0.140 e. The highest BCUT2D eigenvalue weighted by molar-refractivity contribution is 9.10. The van der Waals surface area contributed by atoms with E-state index in [2.05, 4.69) is 20.9 Å². The highest BCUT2D eigenvalue weighted by Crippen LogP contribution is 2.48. The van der Waals surface area contributed by atoms with Crippen LogP contribution in [0.1, 0.15) is 31.2 Å². The topological polar surface area (TPSA) is 30.0 Å². The number of pyridine rings is 1. The molecule has 1 heterocycles. The number of hydrogen-bond acceptors (Lipinski definition) is 2. The van der Waals surface area contributed by atoms with Gasteiger partial charge in [-0.1, -0.05) is 6.42 Å². The summed E-state index contributed by atoms with van der Waals surface area (Å²) in [6.45, 7) is 0. The summed E-state index contributed by atoms with van der Waals surface area (Å²) in [5.41, 5.74) is 1.03. The average molecular weight is 294 g/mol. The number of halogens is 1. The van der Waals surface area contributed by atoms with Gasteiger partial charge < -0.3 is 0 Å². The van der Waals surface area contributed by atoms with E-state index in [1.165, 1.54) is 19.3 Å². The van der Waals surface area contributed by atoms with Crippen molar-refractivity contribution in [2.45, 2.75) is 32.1 Å². The van der Waals surface area contributed by atoms with E-state index in [-0.39, 0.29) is 0 Å². The van der Waals surface area contributed by atoms with Crippen LogP contribution in [0.5, 0.6) is 0 Å². The number of Topliss-reactive ketones (excluding diaryl/α,β-unsaturated/α-hetero) is 1. The summed E-state index contributed by atoms with van der Waals surface area (Å²) in [5, 5.41) is 0. The van der Waals surface area contributed by atoms with Crippen molar-refractivity contribution in [3.05, 3.63) is 28.5 Å². The Morgan fingerprint density at radius 3 is 2.88 bits per heavy atom. The fourth-order valence-corrected chi connectivity index (χ4v) is 3.94. The number of hydrogen-bond donors (Lipinski definition) is 0. The van der Waals surface area contributed by atoms with Gasteiger partial charge in [0.2, 0.25) is 0 Å². The molecule has 0 saturated heterocycles. The molecule has 3 heteroatoms. The average Bonchev–Trinajstić information content (AvgIpc) is 2.90. The molecule has 2 aliphatic rings. The summed E-state index contributed by atoms with van der Waals surface area (Å²) in [4.78, 5) is 16.4. The number of carbonyl (C=O) groups is 1. The first-order valence-electron chi connectivity index (χ1n) is 6.34. The lowest BCUT2D eigenvalue weighted by atomic mass is 9.84. The molecule has 2 bridgehead atoms. The maximum Gasteiger partial charge on any atom is 0.140 e. The van der Waals surface area contributed by atoms with Gasteiger partial charge in [-0.3, -0.25) is 9.78 Å². The van der Waals surface area contributed by atoms with Crippen molar-refractivity contribution in [2.75, 3.05) is 0 Å². The van der Waals surface area contributed by atoms with E-state index in [4.69, 9.17) is 0 Å². The Hall–Kier alpha value is -0.700. The van der Waals surface area contributed by atoms with Crippen LogP contribution in [-0.2, 0) is 11.2 Å². The first-order chi connectivity index (χ1) is 8.22. The highest BCUT2D eigenvalue weighted by atomic mass is 79.9. The summed E-state index contributed by atoms with van der Waals surface area (Å²) >= 11 is 3.39. The zero-order valence-corrected chi connectivity index (χ0v) is 11.3. The van der Waals surface area contributed by atoms with Gasteiger partial charge in [-0.25, -0.2) is 0 Å². The van der Waals surface area contributed by atoms with E-state index in [1.54, 1.807) is 12.4 Å². The molecule has 1 aromatic rings. The normalized spacial score (nSPS) is 30.8. The number of nitrogens with zero attached hydrogens (tertiary/aromatic N) is 1. The fourth-order valence-electron chi connectivity index (χ4n) is 3.52. The van der Waals surface area contributed by atoms with Crippen molar-refractivity contribution in [3.63, 3.8) is 0 Å². The molecule has 2 saturated carbocycles. The molecule has 0 aliphatic heterocycles. The van der Waals surface area contributed by atoms with Crippen molar-refractivity contribution < 1.29 is 4.79 Å². The van der Waals surface area contributed by atoms with Crippen LogP contribution in [0.2, 0.25) is 0 Å². The largest absolute Gasteiger partial charge is 0.299 e. The number of fused-ring (bicyclic) bond motifs is 2. The SMILES string of the molecule is O=C(Cc1cncc(Br)c1)C1CC2CCC1C2. The number of aromatic nitrogens is 1. The Morgan fingerprint density at radius 2 is 2.24 bits per heavy atom. The van der Waals surface area contributed by atoms with Crippen LogP contribution in [0.25, 0.3) is 0 Å². The molecule has 90 valence electrons. The molecule has 0 amide bonds. The van der Waals surface area contributed by atoms with E-state index in [0.717, 1.165) is 22.4 Å². The summed E-state index contributed by atoms with van der Waals surface area (Å²) in [5.74, 6) is 2.30. The second-order valence-electron chi connectivity index (χ2n) is 5.44. The highest BCUT2D eigenvalue weighted by Gasteiger charge is 2.42. The van der Waals surface area contributed by atoms with Gasteiger partial charge >= 0.3 is 0 Å². The van der Waals surface area contributed by atoms with E-state index < -0.39 is 0 Å². The van der Waals surface area contributed by atoms with Gasteiger partial charge in [-0.15, -0.1) is 0 Å². The van der Waals surface area contributed by atoms with E-state index in [0.29, 0.717) is 24.0 Å². The second kappa shape index (κ2) is 4.52. The third kappa shape index (κ3) is 2.30. The predicted octanol–water partition coefficient (Wildman–Crippen LogP) is 3.39. The molecule has 17 heavy (non-hydrogen) atoms. The van der Waals surface area contributed by atoms with Crippen LogP contribution in [0.15, 0.2) is 22.9 Å². The van der Waals surface area contributed by atoms with E-state index >= 15 is 0 Å². The van der Waals surface area contributed by atoms with Gasteiger partial charge in [0.1, 0.15) is 5.78 Å². The first-order valence-corrected chi connectivity index (χ1v) is 7.14. The molecule has 3 unspecified atom stereocenters. The third-order valence-electron chi connectivity index (χ3n) is 4.29. The Labute approximate surface area is 110 Å². The van der Waals surface area contributed by atoms with E-state index in [9.17, 15) is 4.79 Å². The van der Waals surface area contributed by atoms with Crippen LogP contribution < -0.4 is 0 Å². The monoisotopic (exact) mass is 293 g/mol. The maximum absolute atomic E-state index is 12.3. The zero-order chi connectivity index (χ0) is 11.8. The van der Waals surface area contributed by atoms with Crippen LogP contribution in [-0.4, -0.2) is 10.8 Å². The molecule has 2 aliphatic carbocycles. The van der Waals surface area contributed by atoms with Crippen LogP contribution in [0.4, 0.5) is 0 Å². The Bertz CT molecular complexity index is 446. The lowest BCUT2D eigenvalue weighted by molar-refractivity contribution is -0.123. The van der Waals surface area contributed by atoms with Crippen LogP contribution in [0, 0.1) is 17.8 Å². The summed E-state index contributed by atoms with van der Waals surface area (Å²) in [6.07, 6.45) is 9.18. The van der Waals surface area contributed by atoms with Crippen molar-refractivity contribution in [2.24, 2.45) is 17.8 Å². The van der Waals surface area contributed by atoms with Gasteiger partial charge in [-0.05, 0) is 58.7 Å². The quantitative estimate of drug-likeness (QED) is 0.855. The van der Waals surface area contributed by atoms with Crippen molar-refractivity contribution in [1.29, 1.82) is 0 Å². The Balaban J connectivity index is 1.68. The molecular formula is C14H16BrNO. The van der Waals surface area contributed by atoms with Crippen LogP contribution >= 0.6 is 15.9 Å². The van der Waals surface area contributed by atoms with Crippen LogP contribution in [0.3, 0.4) is 0 Å². The predicted molar refractivity (Wildman–Crippen MR) is 69.6 cm³/mol. The minimum absolute atomic E-state index is 0.340. The van der Waals surface area contributed by atoms with Crippen molar-refractivity contribution in [3.8, 4) is 0 Å². The number of ketones is 1. The first kappa shape index (κ1) is 11.4. The van der Waals surface area contributed by atoms with Gasteiger partial charge in [0.25, 0.3) is 0 Å². The molecule has 3 rings (SSSR count). The molecule has 0 aromatic carbocycles. The minimum Gasteiger partial charge on any atom is -0.299 e. The van der Waals surface area contributed by atoms with Gasteiger partial charge in [-0.2, -0.15) is 0 Å². The summed E-state index contributed by atoms with van der Waals surface area (Å²) in [6, 6.07) is 2.00. The molecule has 0 spiro atoms. The zero-order valence-electron chi connectivity index (χ0n) is 9.73. The fraction of sp³-hybridized carbons (Fsp3) is 0.571. The van der Waals surface area contributed by atoms with Gasteiger partial charge in [0.15, 0.2) is 0 Å². The summed E-state index contributed by atoms with van der Waals surface area (Å²) in [7, 11) is 0. The molecular weight excluding hydrogens is 278 g/mol. The third-order valence-corrected chi connectivity index (χ3v) is 4.73. The van der Waals surface area contributed by atoms with Crippen molar-refractivity contribution >= 4 is 21.7 Å². The Morgan fingerprint density at radius 1 is 1.35 bits per heavy atom. The molecule has 2 nitrogen and oxygen atoms in total. The standard InChI is InChI=1S/C14H16BrNO/c15-12-4-10(7-16-8-12)6-14(17)13-5-9-1-2-11(13)3-9/h4,7-9,11,13H,1-3,5-6H2. The number of rotatable bonds is 3. The molecule has 3 atom stereocenters. The van der Waals surface area contributed by atoms with Crippen molar-refractivity contribution in [1.82, 2.24) is 4.98 Å². The Kier molecular flexibility index (Phi) is 3.03. The van der Waals surface area contributed by atoms with E-state index in [1.807, 2.05) is 6.07 Å². The van der Waals surface area contributed by atoms with Gasteiger partial charge in [0, 0.05) is 29.2 Å². The number of carbonyl (C=O) groups excluding carboxylic acids is 1. The minimum atomic E-state index is 0.340. The maximum atomic E-state index is 12.3. The molecule has 2 fully saturated rings. The molecule has 0 N–H and O–H groups in total. The second-order valence-corrected chi connectivity index (χ2v) is 6.35. The molecule has 0 radical (unpaired) electrons. The summed E-state index contributed by atoms with van der Waals surface area (Å²) < 4.78 is 0.954. The lowest BCUT2D eigenvalue weighted by Crippen LogP contribution is -2.22. The lowest BCUT2D eigenvalue weighted by Gasteiger charge is -2.20.